The molecule has 0 saturated heterocycles. The Balaban J connectivity index is 2.24. The molecule has 2 rings (SSSR count). The molecule has 0 bridgehead atoms. The second kappa shape index (κ2) is 4.79. The van der Waals surface area contributed by atoms with Gasteiger partial charge in [-0.25, -0.2) is 0 Å². The van der Waals surface area contributed by atoms with Crippen LogP contribution in [0.4, 0.5) is 0 Å². The number of hydrogen-bond acceptors (Lipinski definition) is 2. The Morgan fingerprint density at radius 2 is 1.69 bits per heavy atom. The lowest BCUT2D eigenvalue weighted by Gasteiger charge is -2.52. The van der Waals surface area contributed by atoms with E-state index in [1.165, 1.54) is 61.6 Å². The summed E-state index contributed by atoms with van der Waals surface area (Å²) in [6, 6.07) is 0.702. The van der Waals surface area contributed by atoms with Crippen molar-refractivity contribution >= 4 is 10.2 Å². The second-order valence-electron chi connectivity index (χ2n) is 6.08. The molecule has 0 aromatic carbocycles. The summed E-state index contributed by atoms with van der Waals surface area (Å²) in [6.07, 6.45) is 11.5. The summed E-state index contributed by atoms with van der Waals surface area (Å²) in [7, 11) is 5.69. The van der Waals surface area contributed by atoms with Gasteiger partial charge in [0.1, 0.15) is 0 Å². The van der Waals surface area contributed by atoms with Crippen molar-refractivity contribution in [1.82, 2.24) is 10.6 Å². The summed E-state index contributed by atoms with van der Waals surface area (Å²) in [4.78, 5) is 0. The number of likely N-dealkylation sites (N-methyl/N-ethyl adjacent to an activating group) is 2. The predicted molar refractivity (Wildman–Crippen MR) is 74.2 cm³/mol. The Kier molecular flexibility index (Phi) is 3.77. The van der Waals surface area contributed by atoms with Crippen molar-refractivity contribution in [3.63, 3.8) is 0 Å². The minimum atomic E-state index is 0.411. The average Bonchev–Trinajstić information content (AvgIpc) is 2.74. The average molecular weight is 240 g/mol. The second-order valence-corrected chi connectivity index (χ2v) is 7.99. The lowest BCUT2D eigenvalue weighted by molar-refractivity contribution is 0.160. The molecule has 0 aromatic heterocycles. The van der Waals surface area contributed by atoms with Crippen LogP contribution in [0.3, 0.4) is 0 Å². The van der Waals surface area contributed by atoms with E-state index in [1.807, 2.05) is 0 Å². The van der Waals surface area contributed by atoms with E-state index in [-0.39, 0.29) is 0 Å². The molecule has 16 heavy (non-hydrogen) atoms. The number of hydrogen-bond donors (Lipinski definition) is 2. The van der Waals surface area contributed by atoms with Crippen LogP contribution in [0.5, 0.6) is 0 Å². The Bertz CT molecular complexity index is 238. The standard InChI is InChI=1S/C13H28N2Si/c1-14-11-7-6-10-13(11,15-2)12(16)8-4-3-5-9-12/h11,14-15H,3-10H2,1-2,16H3. The van der Waals surface area contributed by atoms with Crippen molar-refractivity contribution < 1.29 is 0 Å². The van der Waals surface area contributed by atoms with Gasteiger partial charge in [0, 0.05) is 21.8 Å². The molecule has 2 N–H and O–H groups in total. The lowest BCUT2D eigenvalue weighted by atomic mass is 9.70. The number of rotatable bonds is 3. The van der Waals surface area contributed by atoms with Crippen molar-refractivity contribution in [3.05, 3.63) is 0 Å². The first-order valence-electron chi connectivity index (χ1n) is 7.05. The third-order valence-corrected chi connectivity index (χ3v) is 7.38. The van der Waals surface area contributed by atoms with Crippen LogP contribution >= 0.6 is 0 Å². The molecule has 2 unspecified atom stereocenters. The highest BCUT2D eigenvalue weighted by molar-refractivity contribution is 6.16. The first-order valence-corrected chi connectivity index (χ1v) is 8.05. The van der Waals surface area contributed by atoms with Crippen LogP contribution in [-0.2, 0) is 0 Å². The fourth-order valence-corrected chi connectivity index (χ4v) is 6.05. The molecule has 0 spiro atoms. The molecule has 94 valence electrons. The number of nitrogens with one attached hydrogen (secondary N) is 2. The summed E-state index contributed by atoms with van der Waals surface area (Å²) in [5, 5.41) is 7.99. The Hall–Kier alpha value is 0.137. The van der Waals surface area contributed by atoms with Gasteiger partial charge in [0.2, 0.25) is 0 Å². The molecule has 2 saturated carbocycles. The van der Waals surface area contributed by atoms with Crippen LogP contribution in [0.25, 0.3) is 0 Å². The van der Waals surface area contributed by atoms with Crippen LogP contribution < -0.4 is 10.6 Å². The molecule has 0 radical (unpaired) electrons. The van der Waals surface area contributed by atoms with Gasteiger partial charge in [-0.05, 0) is 51.2 Å². The third-order valence-electron chi connectivity index (χ3n) is 5.49. The summed E-state index contributed by atoms with van der Waals surface area (Å²) >= 11 is 0. The van der Waals surface area contributed by atoms with Crippen molar-refractivity contribution in [3.8, 4) is 0 Å². The SMILES string of the molecule is CNC1CCCC1(NC)C1([SiH3])CCCCC1. The third kappa shape index (κ3) is 1.77. The lowest BCUT2D eigenvalue weighted by Crippen LogP contribution is -2.62. The minimum Gasteiger partial charge on any atom is -0.315 e. The highest BCUT2D eigenvalue weighted by Gasteiger charge is 2.53. The largest absolute Gasteiger partial charge is 0.315 e. The molecule has 0 amide bonds. The molecule has 2 nitrogen and oxygen atoms in total. The molecule has 2 aliphatic rings. The molecule has 3 heteroatoms. The van der Waals surface area contributed by atoms with Crippen LogP contribution in [0, 0.1) is 0 Å². The zero-order valence-corrected chi connectivity index (χ0v) is 13.2. The molecular formula is C13H28N2Si. The Labute approximate surface area is 103 Å². The summed E-state index contributed by atoms with van der Waals surface area (Å²) in [5.41, 5.74) is 0.411. The van der Waals surface area contributed by atoms with E-state index >= 15 is 0 Å². The van der Waals surface area contributed by atoms with E-state index in [1.54, 1.807) is 0 Å². The van der Waals surface area contributed by atoms with Crippen molar-refractivity contribution in [2.24, 2.45) is 0 Å². The highest BCUT2D eigenvalue weighted by Crippen LogP contribution is 2.54. The Morgan fingerprint density at radius 1 is 1.00 bits per heavy atom. The van der Waals surface area contributed by atoms with E-state index in [4.69, 9.17) is 0 Å². The quantitative estimate of drug-likeness (QED) is 0.725. The van der Waals surface area contributed by atoms with Gasteiger partial charge in [-0.1, -0.05) is 19.3 Å². The molecule has 0 aliphatic heterocycles. The fraction of sp³-hybridized carbons (Fsp3) is 1.00. The van der Waals surface area contributed by atoms with Crippen molar-refractivity contribution in [2.75, 3.05) is 14.1 Å². The zero-order chi connectivity index (χ0) is 11.6. The molecule has 2 aliphatic carbocycles. The monoisotopic (exact) mass is 240 g/mol. The predicted octanol–water partition coefficient (Wildman–Crippen LogP) is 1.20. The van der Waals surface area contributed by atoms with E-state index < -0.39 is 0 Å². The van der Waals surface area contributed by atoms with Gasteiger partial charge in [-0.3, -0.25) is 0 Å². The van der Waals surface area contributed by atoms with E-state index in [0.29, 0.717) is 16.6 Å². The van der Waals surface area contributed by atoms with Crippen molar-refractivity contribution in [1.29, 1.82) is 0 Å². The topological polar surface area (TPSA) is 24.1 Å². The van der Waals surface area contributed by atoms with Crippen molar-refractivity contribution in [2.45, 2.75) is 68.0 Å². The maximum Gasteiger partial charge on any atom is 0.0356 e. The van der Waals surface area contributed by atoms with Gasteiger partial charge in [0.25, 0.3) is 0 Å². The molecule has 2 atom stereocenters. The summed E-state index contributed by atoms with van der Waals surface area (Å²) in [6.45, 7) is 0. The van der Waals surface area contributed by atoms with Crippen LogP contribution in [0.15, 0.2) is 0 Å². The van der Waals surface area contributed by atoms with E-state index in [9.17, 15) is 0 Å². The van der Waals surface area contributed by atoms with Crippen LogP contribution in [0.2, 0.25) is 5.04 Å². The fourth-order valence-electron chi connectivity index (χ4n) is 4.50. The minimum absolute atomic E-state index is 0.411. The first kappa shape index (κ1) is 12.6. The zero-order valence-electron chi connectivity index (χ0n) is 11.2. The van der Waals surface area contributed by atoms with E-state index in [0.717, 1.165) is 0 Å². The molecule has 0 aromatic rings. The van der Waals surface area contributed by atoms with Crippen LogP contribution in [0.1, 0.15) is 51.4 Å². The summed E-state index contributed by atoms with van der Waals surface area (Å²) in [5.74, 6) is 0. The van der Waals surface area contributed by atoms with Gasteiger partial charge in [0.05, 0.1) is 0 Å². The molecular weight excluding hydrogens is 212 g/mol. The van der Waals surface area contributed by atoms with Gasteiger partial charge in [-0.15, -0.1) is 0 Å². The maximum atomic E-state index is 3.76. The first-order chi connectivity index (χ1) is 7.68. The Morgan fingerprint density at radius 3 is 2.25 bits per heavy atom. The highest BCUT2D eigenvalue weighted by atomic mass is 28.1. The molecule has 0 heterocycles. The molecule has 2 fully saturated rings. The van der Waals surface area contributed by atoms with Crippen LogP contribution in [-0.4, -0.2) is 35.9 Å². The van der Waals surface area contributed by atoms with E-state index in [2.05, 4.69) is 24.7 Å². The van der Waals surface area contributed by atoms with Gasteiger partial charge in [-0.2, -0.15) is 0 Å². The summed E-state index contributed by atoms with van der Waals surface area (Å²) < 4.78 is 0. The smallest absolute Gasteiger partial charge is 0.0356 e. The van der Waals surface area contributed by atoms with Gasteiger partial charge in [0.15, 0.2) is 0 Å². The normalized spacial score (nSPS) is 39.0. The van der Waals surface area contributed by atoms with Gasteiger partial charge >= 0.3 is 0 Å². The maximum absolute atomic E-state index is 3.76. The van der Waals surface area contributed by atoms with Gasteiger partial charge < -0.3 is 10.6 Å².